The molecule has 0 bridgehead atoms. The molecule has 2 aromatic rings. The second-order valence-corrected chi connectivity index (χ2v) is 5.13. The fourth-order valence-corrected chi connectivity index (χ4v) is 2.40. The molecule has 0 spiro atoms. The Morgan fingerprint density at radius 2 is 2.17 bits per heavy atom. The smallest absolute Gasteiger partial charge is 0.144 e. The van der Waals surface area contributed by atoms with Crippen molar-refractivity contribution >= 4 is 34.2 Å². The molecule has 1 aromatic carbocycles. The predicted octanol–water partition coefficient (Wildman–Crippen LogP) is 4.58. The van der Waals surface area contributed by atoms with Crippen molar-refractivity contribution in [3.05, 3.63) is 28.8 Å². The van der Waals surface area contributed by atoms with E-state index < -0.39 is 5.82 Å². The van der Waals surface area contributed by atoms with Crippen molar-refractivity contribution in [1.29, 1.82) is 0 Å². The molecule has 2 nitrogen and oxygen atoms in total. The van der Waals surface area contributed by atoms with Gasteiger partial charge in [-0.1, -0.05) is 18.5 Å². The highest BCUT2D eigenvalue weighted by molar-refractivity contribution is 6.31. The zero-order chi connectivity index (χ0) is 13.3. The maximum absolute atomic E-state index is 13.5. The SMILES string of the molecule is CCC(C)n1c(CCCl)nc2cc(F)c(Cl)cc21. The van der Waals surface area contributed by atoms with E-state index in [-0.39, 0.29) is 11.1 Å². The maximum atomic E-state index is 13.5. The van der Waals surface area contributed by atoms with Crippen LogP contribution < -0.4 is 0 Å². The van der Waals surface area contributed by atoms with Gasteiger partial charge in [0.25, 0.3) is 0 Å². The summed E-state index contributed by atoms with van der Waals surface area (Å²) >= 11 is 11.6. The van der Waals surface area contributed by atoms with Crippen LogP contribution in [-0.4, -0.2) is 15.4 Å². The third kappa shape index (κ3) is 2.34. The van der Waals surface area contributed by atoms with Crippen LogP contribution in [-0.2, 0) is 6.42 Å². The zero-order valence-electron chi connectivity index (χ0n) is 10.4. The maximum Gasteiger partial charge on any atom is 0.144 e. The van der Waals surface area contributed by atoms with E-state index in [9.17, 15) is 4.39 Å². The Kier molecular flexibility index (Phi) is 4.13. The van der Waals surface area contributed by atoms with E-state index in [0.717, 1.165) is 17.8 Å². The van der Waals surface area contributed by atoms with E-state index in [0.29, 0.717) is 17.8 Å². The number of alkyl halides is 1. The number of hydrogen-bond acceptors (Lipinski definition) is 1. The van der Waals surface area contributed by atoms with E-state index in [1.54, 1.807) is 6.07 Å². The first-order valence-corrected chi connectivity index (χ1v) is 6.91. The number of fused-ring (bicyclic) bond motifs is 1. The molecule has 1 aromatic heterocycles. The molecule has 0 N–H and O–H groups in total. The minimum atomic E-state index is -0.435. The summed E-state index contributed by atoms with van der Waals surface area (Å²) in [6.45, 7) is 4.21. The molecular weight excluding hydrogens is 274 g/mol. The number of hydrogen-bond donors (Lipinski definition) is 0. The van der Waals surface area contributed by atoms with Crippen LogP contribution in [0.15, 0.2) is 12.1 Å². The van der Waals surface area contributed by atoms with Crippen LogP contribution in [0.5, 0.6) is 0 Å². The van der Waals surface area contributed by atoms with Gasteiger partial charge in [0.15, 0.2) is 0 Å². The third-order valence-corrected chi connectivity index (χ3v) is 3.63. The average Bonchev–Trinajstić information content (AvgIpc) is 2.67. The molecule has 18 heavy (non-hydrogen) atoms. The van der Waals surface area contributed by atoms with Gasteiger partial charge < -0.3 is 4.57 Å². The summed E-state index contributed by atoms with van der Waals surface area (Å²) in [6.07, 6.45) is 1.63. The van der Waals surface area contributed by atoms with Gasteiger partial charge >= 0.3 is 0 Å². The van der Waals surface area contributed by atoms with Gasteiger partial charge in [-0.15, -0.1) is 11.6 Å². The van der Waals surface area contributed by atoms with Crippen LogP contribution in [0.3, 0.4) is 0 Å². The molecule has 0 aliphatic carbocycles. The summed E-state index contributed by atoms with van der Waals surface area (Å²) in [5.41, 5.74) is 1.51. The quantitative estimate of drug-likeness (QED) is 0.753. The van der Waals surface area contributed by atoms with Crippen molar-refractivity contribution in [3.8, 4) is 0 Å². The fourth-order valence-electron chi connectivity index (χ4n) is 2.08. The predicted molar refractivity (Wildman–Crippen MR) is 74.1 cm³/mol. The van der Waals surface area contributed by atoms with Gasteiger partial charge in [0, 0.05) is 24.4 Å². The van der Waals surface area contributed by atoms with Crippen LogP contribution in [0.2, 0.25) is 5.02 Å². The molecule has 0 radical (unpaired) electrons. The van der Waals surface area contributed by atoms with Gasteiger partial charge in [-0.3, -0.25) is 0 Å². The first-order chi connectivity index (χ1) is 8.58. The molecule has 0 saturated carbocycles. The summed E-state index contributed by atoms with van der Waals surface area (Å²) < 4.78 is 15.6. The third-order valence-electron chi connectivity index (χ3n) is 3.15. The van der Waals surface area contributed by atoms with E-state index in [1.165, 1.54) is 6.07 Å². The number of nitrogens with zero attached hydrogens (tertiary/aromatic N) is 2. The number of aryl methyl sites for hydroxylation is 1. The summed E-state index contributed by atoms with van der Waals surface area (Å²) in [6, 6.07) is 3.31. The summed E-state index contributed by atoms with van der Waals surface area (Å²) in [5.74, 6) is 0.946. The van der Waals surface area contributed by atoms with Crippen molar-refractivity contribution in [3.63, 3.8) is 0 Å². The van der Waals surface area contributed by atoms with Crippen LogP contribution in [0.4, 0.5) is 4.39 Å². The van der Waals surface area contributed by atoms with Crippen LogP contribution in [0.1, 0.15) is 32.1 Å². The molecular formula is C13H15Cl2FN2. The van der Waals surface area contributed by atoms with Gasteiger partial charge in [-0.05, 0) is 19.4 Å². The Labute approximate surface area is 116 Å². The summed E-state index contributed by atoms with van der Waals surface area (Å²) in [7, 11) is 0. The van der Waals surface area contributed by atoms with Crippen LogP contribution >= 0.6 is 23.2 Å². The van der Waals surface area contributed by atoms with Crippen molar-refractivity contribution < 1.29 is 4.39 Å². The Morgan fingerprint density at radius 3 is 2.78 bits per heavy atom. The van der Waals surface area contributed by atoms with Crippen LogP contribution in [0, 0.1) is 5.82 Å². The highest BCUT2D eigenvalue weighted by Gasteiger charge is 2.16. The standard InChI is InChI=1S/C13H15Cl2FN2/c1-3-8(2)18-12-6-9(15)10(16)7-11(12)17-13(18)4-5-14/h6-8H,3-5H2,1-2H3. The number of benzene rings is 1. The van der Waals surface area contributed by atoms with Crippen molar-refractivity contribution in [2.45, 2.75) is 32.7 Å². The first-order valence-electron chi connectivity index (χ1n) is 6.00. The molecule has 1 heterocycles. The summed E-state index contributed by atoms with van der Waals surface area (Å²) in [5, 5.41) is 0.129. The molecule has 0 aliphatic heterocycles. The van der Waals surface area contributed by atoms with E-state index >= 15 is 0 Å². The Balaban J connectivity index is 2.68. The number of imidazole rings is 1. The van der Waals surface area contributed by atoms with Gasteiger partial charge in [-0.2, -0.15) is 0 Å². The van der Waals surface area contributed by atoms with E-state index in [2.05, 4.69) is 23.4 Å². The Morgan fingerprint density at radius 1 is 1.44 bits per heavy atom. The molecule has 0 saturated heterocycles. The average molecular weight is 289 g/mol. The molecule has 0 fully saturated rings. The largest absolute Gasteiger partial charge is 0.325 e. The highest BCUT2D eigenvalue weighted by atomic mass is 35.5. The normalized spacial score (nSPS) is 13.2. The fraction of sp³-hybridized carbons (Fsp3) is 0.462. The van der Waals surface area contributed by atoms with Crippen molar-refractivity contribution in [2.24, 2.45) is 0 Å². The lowest BCUT2D eigenvalue weighted by atomic mass is 10.2. The lowest BCUT2D eigenvalue weighted by Crippen LogP contribution is -2.09. The number of rotatable bonds is 4. The molecule has 5 heteroatoms. The minimum absolute atomic E-state index is 0.129. The lowest BCUT2D eigenvalue weighted by molar-refractivity contribution is 0.524. The monoisotopic (exact) mass is 288 g/mol. The van der Waals surface area contributed by atoms with Gasteiger partial charge in [0.05, 0.1) is 16.1 Å². The second-order valence-electron chi connectivity index (χ2n) is 4.35. The molecule has 98 valence electrons. The van der Waals surface area contributed by atoms with Crippen LogP contribution in [0.25, 0.3) is 11.0 Å². The topological polar surface area (TPSA) is 17.8 Å². The zero-order valence-corrected chi connectivity index (χ0v) is 11.9. The van der Waals surface area contributed by atoms with Crippen molar-refractivity contribution in [2.75, 3.05) is 5.88 Å². The minimum Gasteiger partial charge on any atom is -0.325 e. The first kappa shape index (κ1) is 13.6. The van der Waals surface area contributed by atoms with Gasteiger partial charge in [-0.25, -0.2) is 9.37 Å². The highest BCUT2D eigenvalue weighted by Crippen LogP contribution is 2.27. The van der Waals surface area contributed by atoms with E-state index in [1.807, 2.05) is 0 Å². The summed E-state index contributed by atoms with van der Waals surface area (Å²) in [4.78, 5) is 4.45. The lowest BCUT2D eigenvalue weighted by Gasteiger charge is -2.15. The van der Waals surface area contributed by atoms with Crippen molar-refractivity contribution in [1.82, 2.24) is 9.55 Å². The Bertz CT molecular complexity index is 566. The molecule has 1 atom stereocenters. The second kappa shape index (κ2) is 5.45. The molecule has 1 unspecified atom stereocenters. The Hall–Kier alpha value is -0.800. The van der Waals surface area contributed by atoms with Gasteiger partial charge in [0.2, 0.25) is 0 Å². The molecule has 0 aliphatic rings. The number of aromatic nitrogens is 2. The van der Waals surface area contributed by atoms with Gasteiger partial charge in [0.1, 0.15) is 11.6 Å². The number of halogens is 3. The molecule has 0 amide bonds. The van der Waals surface area contributed by atoms with E-state index in [4.69, 9.17) is 23.2 Å². The molecule has 2 rings (SSSR count).